The third kappa shape index (κ3) is 0.993. The SMILES string of the molecule is Cc1c(Cl)cc(N)c2sccc12. The zero-order valence-corrected chi connectivity index (χ0v) is 8.17. The molecule has 2 aromatic rings. The molecule has 1 aromatic heterocycles. The minimum atomic E-state index is 0.749. The number of fused-ring (bicyclic) bond motifs is 1. The van der Waals surface area contributed by atoms with Crippen LogP contribution in [-0.4, -0.2) is 0 Å². The van der Waals surface area contributed by atoms with Crippen LogP contribution in [-0.2, 0) is 0 Å². The third-order valence-corrected chi connectivity index (χ3v) is 3.33. The van der Waals surface area contributed by atoms with E-state index in [0.717, 1.165) is 21.0 Å². The molecule has 0 fully saturated rings. The number of hydrogen-bond acceptors (Lipinski definition) is 2. The molecule has 0 spiro atoms. The van der Waals surface area contributed by atoms with Gasteiger partial charge in [0.2, 0.25) is 0 Å². The number of anilines is 1. The monoisotopic (exact) mass is 197 g/mol. The standard InChI is InChI=1S/C9H8ClNS/c1-5-6-2-3-12-9(6)8(11)4-7(5)10/h2-4H,11H2,1H3. The van der Waals surface area contributed by atoms with Crippen molar-refractivity contribution in [3.05, 3.63) is 28.1 Å². The molecule has 0 aliphatic carbocycles. The van der Waals surface area contributed by atoms with Gasteiger partial charge < -0.3 is 5.73 Å². The van der Waals surface area contributed by atoms with E-state index < -0.39 is 0 Å². The molecule has 0 aliphatic rings. The van der Waals surface area contributed by atoms with Crippen LogP contribution in [0.1, 0.15) is 5.56 Å². The fourth-order valence-corrected chi connectivity index (χ4v) is 2.37. The maximum absolute atomic E-state index is 5.97. The number of aryl methyl sites for hydroxylation is 1. The molecule has 0 unspecified atom stereocenters. The molecule has 2 rings (SSSR count). The van der Waals surface area contributed by atoms with Gasteiger partial charge in [-0.3, -0.25) is 0 Å². The first-order valence-electron chi connectivity index (χ1n) is 3.62. The predicted molar refractivity (Wildman–Crippen MR) is 56.0 cm³/mol. The lowest BCUT2D eigenvalue weighted by molar-refractivity contribution is 1.54. The van der Waals surface area contributed by atoms with Gasteiger partial charge in [-0.1, -0.05) is 11.6 Å². The minimum absolute atomic E-state index is 0.749. The number of benzene rings is 1. The van der Waals surface area contributed by atoms with E-state index in [9.17, 15) is 0 Å². The van der Waals surface area contributed by atoms with Crippen LogP contribution < -0.4 is 5.73 Å². The molecule has 0 aliphatic heterocycles. The van der Waals surface area contributed by atoms with Crippen LogP contribution in [0.5, 0.6) is 0 Å². The molecular formula is C9H8ClNS. The van der Waals surface area contributed by atoms with E-state index in [2.05, 4.69) is 6.07 Å². The van der Waals surface area contributed by atoms with Crippen LogP contribution in [0.25, 0.3) is 10.1 Å². The van der Waals surface area contributed by atoms with E-state index in [1.54, 1.807) is 11.3 Å². The van der Waals surface area contributed by atoms with E-state index in [1.165, 1.54) is 5.39 Å². The van der Waals surface area contributed by atoms with E-state index in [1.807, 2.05) is 18.4 Å². The molecule has 1 heterocycles. The Kier molecular flexibility index (Phi) is 1.74. The van der Waals surface area contributed by atoms with Crippen molar-refractivity contribution in [2.45, 2.75) is 6.92 Å². The highest BCUT2D eigenvalue weighted by molar-refractivity contribution is 7.17. The van der Waals surface area contributed by atoms with Gasteiger partial charge in [0.15, 0.2) is 0 Å². The van der Waals surface area contributed by atoms with Crippen LogP contribution in [0, 0.1) is 6.92 Å². The number of halogens is 1. The number of hydrogen-bond donors (Lipinski definition) is 1. The topological polar surface area (TPSA) is 26.0 Å². The lowest BCUT2D eigenvalue weighted by atomic mass is 10.1. The largest absolute Gasteiger partial charge is 0.398 e. The van der Waals surface area contributed by atoms with Gasteiger partial charge in [0.1, 0.15) is 0 Å². The molecule has 0 atom stereocenters. The Balaban J connectivity index is 2.97. The third-order valence-electron chi connectivity index (χ3n) is 1.97. The molecule has 12 heavy (non-hydrogen) atoms. The summed E-state index contributed by atoms with van der Waals surface area (Å²) in [5.41, 5.74) is 7.68. The molecule has 0 saturated heterocycles. The zero-order chi connectivity index (χ0) is 8.72. The average molecular weight is 198 g/mol. The Labute approximate surface area is 79.8 Å². The summed E-state index contributed by atoms with van der Waals surface area (Å²) in [6.07, 6.45) is 0. The first-order valence-corrected chi connectivity index (χ1v) is 4.87. The number of nitrogen functional groups attached to an aromatic ring is 1. The fourth-order valence-electron chi connectivity index (χ4n) is 1.27. The highest BCUT2D eigenvalue weighted by Gasteiger charge is 2.05. The second-order valence-electron chi connectivity index (χ2n) is 2.74. The van der Waals surface area contributed by atoms with Crippen molar-refractivity contribution in [2.75, 3.05) is 5.73 Å². The number of nitrogens with two attached hydrogens (primary N) is 1. The summed E-state index contributed by atoms with van der Waals surface area (Å²) in [4.78, 5) is 0. The Hall–Kier alpha value is -0.730. The van der Waals surface area contributed by atoms with E-state index in [0.29, 0.717) is 0 Å². The van der Waals surface area contributed by atoms with Gasteiger partial charge in [0.25, 0.3) is 0 Å². The van der Waals surface area contributed by atoms with Gasteiger partial charge in [-0.15, -0.1) is 11.3 Å². The van der Waals surface area contributed by atoms with Gasteiger partial charge in [-0.2, -0.15) is 0 Å². The summed E-state index contributed by atoms with van der Waals surface area (Å²) in [5.74, 6) is 0. The van der Waals surface area contributed by atoms with Crippen LogP contribution in [0.15, 0.2) is 17.5 Å². The first kappa shape index (κ1) is 7.90. The molecule has 0 saturated carbocycles. The van der Waals surface area contributed by atoms with E-state index in [-0.39, 0.29) is 0 Å². The maximum atomic E-state index is 5.97. The molecule has 2 N–H and O–H groups in total. The number of thiophene rings is 1. The van der Waals surface area contributed by atoms with Crippen molar-refractivity contribution in [3.63, 3.8) is 0 Å². The maximum Gasteiger partial charge on any atom is 0.0575 e. The van der Waals surface area contributed by atoms with Gasteiger partial charge in [0, 0.05) is 5.02 Å². The smallest absolute Gasteiger partial charge is 0.0575 e. The van der Waals surface area contributed by atoms with Crippen molar-refractivity contribution in [1.82, 2.24) is 0 Å². The van der Waals surface area contributed by atoms with Gasteiger partial charge >= 0.3 is 0 Å². The molecule has 3 heteroatoms. The number of rotatable bonds is 0. The lowest BCUT2D eigenvalue weighted by Crippen LogP contribution is -1.86. The molecule has 0 amide bonds. The summed E-state index contributed by atoms with van der Waals surface area (Å²) in [7, 11) is 0. The summed E-state index contributed by atoms with van der Waals surface area (Å²) in [6.45, 7) is 2.01. The second-order valence-corrected chi connectivity index (χ2v) is 4.06. The van der Waals surface area contributed by atoms with E-state index in [4.69, 9.17) is 17.3 Å². The molecule has 1 aromatic carbocycles. The lowest BCUT2D eigenvalue weighted by Gasteiger charge is -2.02. The predicted octanol–water partition coefficient (Wildman–Crippen LogP) is 3.45. The fraction of sp³-hybridized carbons (Fsp3) is 0.111. The Morgan fingerprint density at radius 2 is 2.25 bits per heavy atom. The summed E-state index contributed by atoms with van der Waals surface area (Å²) < 4.78 is 1.14. The highest BCUT2D eigenvalue weighted by Crippen LogP contribution is 2.33. The van der Waals surface area contributed by atoms with Crippen LogP contribution in [0.4, 0.5) is 5.69 Å². The minimum Gasteiger partial charge on any atom is -0.398 e. The Bertz CT molecular complexity index is 433. The first-order chi connectivity index (χ1) is 5.70. The van der Waals surface area contributed by atoms with Crippen molar-refractivity contribution < 1.29 is 0 Å². The van der Waals surface area contributed by atoms with Crippen LogP contribution in [0.3, 0.4) is 0 Å². The molecule has 0 radical (unpaired) electrons. The summed E-state index contributed by atoms with van der Waals surface area (Å²) in [6, 6.07) is 3.87. The Morgan fingerprint density at radius 3 is 3.00 bits per heavy atom. The van der Waals surface area contributed by atoms with E-state index >= 15 is 0 Å². The average Bonchev–Trinajstić information content (AvgIpc) is 2.48. The molecule has 1 nitrogen and oxygen atoms in total. The normalized spacial score (nSPS) is 10.8. The summed E-state index contributed by atoms with van der Waals surface area (Å²) >= 11 is 7.63. The molecular weight excluding hydrogens is 190 g/mol. The van der Waals surface area contributed by atoms with Crippen LogP contribution >= 0.6 is 22.9 Å². The quantitative estimate of drug-likeness (QED) is 0.644. The van der Waals surface area contributed by atoms with Crippen molar-refractivity contribution in [2.24, 2.45) is 0 Å². The van der Waals surface area contributed by atoms with Crippen LogP contribution in [0.2, 0.25) is 5.02 Å². The summed E-state index contributed by atoms with van der Waals surface area (Å²) in [5, 5.41) is 3.95. The van der Waals surface area contributed by atoms with Crippen molar-refractivity contribution in [3.8, 4) is 0 Å². The van der Waals surface area contributed by atoms with Gasteiger partial charge in [-0.05, 0) is 35.4 Å². The highest BCUT2D eigenvalue weighted by atomic mass is 35.5. The molecule has 0 bridgehead atoms. The van der Waals surface area contributed by atoms with Gasteiger partial charge in [-0.25, -0.2) is 0 Å². The van der Waals surface area contributed by atoms with Gasteiger partial charge in [0.05, 0.1) is 10.4 Å². The van der Waals surface area contributed by atoms with Crippen molar-refractivity contribution >= 4 is 38.7 Å². The second kappa shape index (κ2) is 2.64. The Morgan fingerprint density at radius 1 is 1.50 bits per heavy atom. The van der Waals surface area contributed by atoms with Crippen molar-refractivity contribution in [1.29, 1.82) is 0 Å². The zero-order valence-electron chi connectivity index (χ0n) is 6.60. The molecule has 62 valence electrons.